The Labute approximate surface area is 184 Å². The lowest BCUT2D eigenvalue weighted by atomic mass is 10.2. The second-order valence-corrected chi connectivity index (χ2v) is 7.93. The minimum Gasteiger partial charge on any atom is -0.441 e. The van der Waals surface area contributed by atoms with E-state index in [2.05, 4.69) is 22.4 Å². The Hall–Kier alpha value is -3.38. The molecule has 0 atom stereocenters. The zero-order valence-electron chi connectivity index (χ0n) is 16.8. The maximum absolute atomic E-state index is 13.9. The molecule has 0 aliphatic carbocycles. The predicted octanol–water partition coefficient (Wildman–Crippen LogP) is 6.34. The second-order valence-electron chi connectivity index (χ2n) is 6.92. The maximum Gasteiger partial charge on any atom is 0.224 e. The summed E-state index contributed by atoms with van der Waals surface area (Å²) in [7, 11) is 0. The molecule has 4 nitrogen and oxygen atoms in total. The summed E-state index contributed by atoms with van der Waals surface area (Å²) < 4.78 is 19.5. The fourth-order valence-electron chi connectivity index (χ4n) is 3.08. The topological polar surface area (TPSA) is 55.1 Å². The van der Waals surface area contributed by atoms with E-state index in [1.165, 1.54) is 17.8 Å². The molecular weight excluding hydrogens is 411 g/mol. The summed E-state index contributed by atoms with van der Waals surface area (Å²) in [6.45, 7) is 0. The molecule has 1 N–H and O–H groups in total. The molecular formula is C25H21FN2O2S. The molecule has 0 saturated heterocycles. The van der Waals surface area contributed by atoms with Crippen LogP contribution in [0.5, 0.6) is 0 Å². The van der Waals surface area contributed by atoms with Crippen LogP contribution in [0.2, 0.25) is 0 Å². The highest BCUT2D eigenvalue weighted by Crippen LogP contribution is 2.30. The molecule has 0 radical (unpaired) electrons. The summed E-state index contributed by atoms with van der Waals surface area (Å²) in [5, 5.41) is 2.98. The van der Waals surface area contributed by atoms with Crippen LogP contribution in [0, 0.1) is 5.82 Å². The van der Waals surface area contributed by atoms with Gasteiger partial charge in [-0.25, -0.2) is 9.37 Å². The van der Waals surface area contributed by atoms with Gasteiger partial charge in [-0.1, -0.05) is 54.6 Å². The van der Waals surface area contributed by atoms with Crippen LogP contribution in [0.3, 0.4) is 0 Å². The molecule has 0 spiro atoms. The van der Waals surface area contributed by atoms with E-state index in [9.17, 15) is 9.18 Å². The largest absolute Gasteiger partial charge is 0.441 e. The van der Waals surface area contributed by atoms with E-state index >= 15 is 0 Å². The second kappa shape index (κ2) is 10.1. The van der Waals surface area contributed by atoms with Crippen molar-refractivity contribution in [3.8, 4) is 11.3 Å². The van der Waals surface area contributed by atoms with Crippen molar-refractivity contribution in [3.05, 3.63) is 102 Å². The molecule has 31 heavy (non-hydrogen) atoms. The Bertz CT molecular complexity index is 1160. The maximum atomic E-state index is 13.9. The molecule has 4 rings (SSSR count). The van der Waals surface area contributed by atoms with Gasteiger partial charge in [0.1, 0.15) is 5.82 Å². The monoisotopic (exact) mass is 432 g/mol. The molecule has 0 bridgehead atoms. The van der Waals surface area contributed by atoms with Gasteiger partial charge in [-0.15, -0.1) is 11.8 Å². The van der Waals surface area contributed by atoms with Crippen molar-refractivity contribution >= 4 is 23.4 Å². The normalized spacial score (nSPS) is 10.7. The number of hydrogen-bond acceptors (Lipinski definition) is 4. The van der Waals surface area contributed by atoms with Crippen LogP contribution in [0.15, 0.2) is 94.4 Å². The van der Waals surface area contributed by atoms with Crippen molar-refractivity contribution in [1.82, 2.24) is 4.98 Å². The number of thioether (sulfide) groups is 1. The average molecular weight is 433 g/mol. The number of oxazole rings is 1. The first kappa shape index (κ1) is 20.9. The summed E-state index contributed by atoms with van der Waals surface area (Å²) in [5.41, 5.74) is 2.37. The number of para-hydroxylation sites is 1. The lowest BCUT2D eigenvalue weighted by Crippen LogP contribution is -2.13. The van der Waals surface area contributed by atoms with E-state index in [-0.39, 0.29) is 18.1 Å². The number of rotatable bonds is 8. The zero-order valence-corrected chi connectivity index (χ0v) is 17.6. The van der Waals surface area contributed by atoms with E-state index in [0.717, 1.165) is 16.3 Å². The van der Waals surface area contributed by atoms with Gasteiger partial charge in [-0.3, -0.25) is 4.79 Å². The number of nitrogens with zero attached hydrogens (tertiary/aromatic N) is 1. The molecule has 156 valence electrons. The summed E-state index contributed by atoms with van der Waals surface area (Å²) in [5.74, 6) is 1.09. The van der Waals surface area contributed by atoms with Crippen LogP contribution < -0.4 is 5.32 Å². The first-order chi connectivity index (χ1) is 15.2. The Balaban J connectivity index is 1.34. The SMILES string of the molecule is O=C(CCc1ncc(-c2ccccc2F)o1)Nc1ccccc1SCc1ccccc1. The first-order valence-corrected chi connectivity index (χ1v) is 10.9. The van der Waals surface area contributed by atoms with Crippen molar-refractivity contribution in [1.29, 1.82) is 0 Å². The van der Waals surface area contributed by atoms with Gasteiger partial charge in [0, 0.05) is 23.5 Å². The molecule has 6 heteroatoms. The van der Waals surface area contributed by atoms with Gasteiger partial charge in [0.05, 0.1) is 17.4 Å². The van der Waals surface area contributed by atoms with Crippen molar-refractivity contribution in [2.45, 2.75) is 23.5 Å². The zero-order chi connectivity index (χ0) is 21.5. The fourth-order valence-corrected chi connectivity index (χ4v) is 4.04. The highest BCUT2D eigenvalue weighted by molar-refractivity contribution is 7.98. The van der Waals surface area contributed by atoms with Gasteiger partial charge in [0.15, 0.2) is 11.7 Å². The third kappa shape index (κ3) is 5.61. The van der Waals surface area contributed by atoms with Crippen molar-refractivity contribution < 1.29 is 13.6 Å². The smallest absolute Gasteiger partial charge is 0.224 e. The van der Waals surface area contributed by atoms with E-state index in [1.54, 1.807) is 30.0 Å². The number of aromatic nitrogens is 1. The van der Waals surface area contributed by atoms with Gasteiger partial charge in [-0.2, -0.15) is 0 Å². The predicted molar refractivity (Wildman–Crippen MR) is 121 cm³/mol. The highest BCUT2D eigenvalue weighted by Gasteiger charge is 2.13. The third-order valence-electron chi connectivity index (χ3n) is 4.66. The lowest BCUT2D eigenvalue weighted by Gasteiger charge is -2.10. The van der Waals surface area contributed by atoms with Gasteiger partial charge in [0.2, 0.25) is 5.91 Å². The Kier molecular flexibility index (Phi) is 6.79. The van der Waals surface area contributed by atoms with Crippen molar-refractivity contribution in [2.75, 3.05) is 5.32 Å². The van der Waals surface area contributed by atoms with Crippen LogP contribution in [0.1, 0.15) is 17.9 Å². The molecule has 0 unspecified atom stereocenters. The number of benzene rings is 3. The quantitative estimate of drug-likeness (QED) is 0.330. The summed E-state index contributed by atoms with van der Waals surface area (Å²) in [6.07, 6.45) is 2.04. The van der Waals surface area contributed by atoms with Gasteiger partial charge in [0.25, 0.3) is 0 Å². The van der Waals surface area contributed by atoms with Crippen LogP contribution in [-0.4, -0.2) is 10.9 Å². The Morgan fingerprint density at radius 2 is 1.71 bits per heavy atom. The van der Waals surface area contributed by atoms with E-state index in [4.69, 9.17) is 4.42 Å². The molecule has 0 aliphatic rings. The molecule has 0 aliphatic heterocycles. The molecule has 3 aromatic carbocycles. The van der Waals surface area contributed by atoms with E-state index in [0.29, 0.717) is 23.6 Å². The standard InChI is InChI=1S/C25H21FN2O2S/c26-20-11-5-4-10-19(20)22-16-27-25(30-22)15-14-24(29)28-21-12-6-7-13-23(21)31-17-18-8-2-1-3-9-18/h1-13,16H,14-15,17H2,(H,28,29). The van der Waals surface area contributed by atoms with E-state index < -0.39 is 0 Å². The van der Waals surface area contributed by atoms with Crippen LogP contribution in [0.4, 0.5) is 10.1 Å². The van der Waals surface area contributed by atoms with Crippen LogP contribution in [0.25, 0.3) is 11.3 Å². The third-order valence-corrected chi connectivity index (χ3v) is 5.80. The highest BCUT2D eigenvalue weighted by atomic mass is 32.2. The lowest BCUT2D eigenvalue weighted by molar-refractivity contribution is -0.116. The number of anilines is 1. The average Bonchev–Trinajstić information content (AvgIpc) is 3.27. The van der Waals surface area contributed by atoms with Crippen molar-refractivity contribution in [2.24, 2.45) is 0 Å². The molecule has 0 saturated carbocycles. The van der Waals surface area contributed by atoms with Crippen LogP contribution in [-0.2, 0) is 17.0 Å². The minimum atomic E-state index is -0.368. The first-order valence-electron chi connectivity index (χ1n) is 9.94. The molecule has 0 fully saturated rings. The minimum absolute atomic E-state index is 0.126. The molecule has 1 amide bonds. The number of carbonyl (C=O) groups excluding carboxylic acids is 1. The number of carbonyl (C=O) groups is 1. The van der Waals surface area contributed by atoms with Gasteiger partial charge in [-0.05, 0) is 29.8 Å². The number of hydrogen-bond donors (Lipinski definition) is 1. The summed E-state index contributed by atoms with van der Waals surface area (Å²) in [4.78, 5) is 17.7. The molecule has 1 aromatic heterocycles. The number of aryl methyl sites for hydroxylation is 1. The van der Waals surface area contributed by atoms with Crippen LogP contribution >= 0.6 is 11.8 Å². The summed E-state index contributed by atoms with van der Waals surface area (Å²) >= 11 is 1.68. The van der Waals surface area contributed by atoms with Crippen molar-refractivity contribution in [3.63, 3.8) is 0 Å². The van der Waals surface area contributed by atoms with Gasteiger partial charge < -0.3 is 9.73 Å². The van der Waals surface area contributed by atoms with E-state index in [1.807, 2.05) is 42.5 Å². The number of nitrogens with one attached hydrogen (secondary N) is 1. The summed E-state index contributed by atoms with van der Waals surface area (Å²) in [6, 6.07) is 24.3. The van der Waals surface area contributed by atoms with Gasteiger partial charge >= 0.3 is 0 Å². The molecule has 4 aromatic rings. The fraction of sp³-hybridized carbons (Fsp3) is 0.120. The molecule has 1 heterocycles. The number of amides is 1. The Morgan fingerprint density at radius 3 is 2.55 bits per heavy atom. The number of halogens is 1. The Morgan fingerprint density at radius 1 is 0.968 bits per heavy atom.